The molecule has 0 bridgehead atoms. The molecule has 0 fully saturated rings. The fourth-order valence-electron chi connectivity index (χ4n) is 2.68. The third kappa shape index (κ3) is 3.59. The minimum Gasteiger partial charge on any atom is -0.496 e. The molecule has 0 atom stereocenters. The minimum absolute atomic E-state index is 0.184. The molecule has 0 radical (unpaired) electrons. The molecule has 0 saturated heterocycles. The summed E-state index contributed by atoms with van der Waals surface area (Å²) in [6, 6.07) is 10.9. The molecule has 27 heavy (non-hydrogen) atoms. The van der Waals surface area contributed by atoms with Crippen LogP contribution in [0.1, 0.15) is 11.5 Å². The first kappa shape index (κ1) is 17.7. The molecule has 0 spiro atoms. The normalized spacial score (nSPS) is 13.5. The van der Waals surface area contributed by atoms with Crippen molar-refractivity contribution in [3.63, 3.8) is 0 Å². The number of fused-ring (bicyclic) bond motifs is 1. The van der Waals surface area contributed by atoms with Crippen molar-refractivity contribution in [1.82, 2.24) is 10.1 Å². The predicted molar refractivity (Wildman–Crippen MR) is 102 cm³/mol. The number of methoxy groups -OCH3 is 1. The van der Waals surface area contributed by atoms with Gasteiger partial charge in [0.15, 0.2) is 11.5 Å². The molecule has 1 aliphatic rings. The van der Waals surface area contributed by atoms with Crippen LogP contribution in [0.15, 0.2) is 40.9 Å². The summed E-state index contributed by atoms with van der Waals surface area (Å²) in [4.78, 5) is 4.35. The summed E-state index contributed by atoms with van der Waals surface area (Å²) in [5.74, 6) is 2.32. The van der Waals surface area contributed by atoms with Crippen molar-refractivity contribution in [2.45, 2.75) is 0 Å². The van der Waals surface area contributed by atoms with Gasteiger partial charge in [-0.3, -0.25) is 0 Å². The number of nitrogens with zero attached hydrogens (tertiary/aromatic N) is 2. The molecule has 2 heterocycles. The fourth-order valence-corrected chi connectivity index (χ4v) is 3.16. The van der Waals surface area contributed by atoms with E-state index in [0.29, 0.717) is 46.9 Å². The number of halogens is 2. The summed E-state index contributed by atoms with van der Waals surface area (Å²) in [7, 11) is 1.58. The zero-order chi connectivity index (χ0) is 18.8. The standard InChI is InChI=1S/C19H14Cl2N2O4/c1-24-15-5-3-2-4-12(15)18-22-19(27-23-18)14(21)9-11-8-13(20)17-16(10-11)25-6-7-26-17/h2-5,8-10H,6-7H2,1H3/b14-9-. The number of rotatable bonds is 4. The minimum atomic E-state index is 0.184. The Morgan fingerprint density at radius 2 is 2.00 bits per heavy atom. The maximum absolute atomic E-state index is 6.37. The third-order valence-corrected chi connectivity index (χ3v) is 4.44. The first-order valence-electron chi connectivity index (χ1n) is 8.09. The number of hydrogen-bond acceptors (Lipinski definition) is 6. The first-order valence-corrected chi connectivity index (χ1v) is 8.85. The van der Waals surface area contributed by atoms with Gasteiger partial charge in [-0.2, -0.15) is 4.98 Å². The first-order chi connectivity index (χ1) is 13.2. The number of benzene rings is 2. The maximum Gasteiger partial charge on any atom is 0.269 e. The molecule has 1 aliphatic heterocycles. The van der Waals surface area contributed by atoms with Crippen molar-refractivity contribution in [3.05, 3.63) is 52.9 Å². The maximum atomic E-state index is 6.37. The van der Waals surface area contributed by atoms with Crippen molar-refractivity contribution in [3.8, 4) is 28.6 Å². The van der Waals surface area contributed by atoms with E-state index in [4.69, 9.17) is 41.9 Å². The summed E-state index contributed by atoms with van der Waals surface area (Å²) in [5.41, 5.74) is 1.44. The second-order valence-electron chi connectivity index (χ2n) is 5.64. The van der Waals surface area contributed by atoms with Gasteiger partial charge in [0.1, 0.15) is 24.0 Å². The molecule has 0 unspecified atom stereocenters. The van der Waals surface area contributed by atoms with E-state index < -0.39 is 0 Å². The van der Waals surface area contributed by atoms with Gasteiger partial charge in [-0.05, 0) is 35.9 Å². The molecule has 8 heteroatoms. The molecule has 0 aliphatic carbocycles. The molecule has 2 aromatic carbocycles. The Balaban J connectivity index is 1.65. The van der Waals surface area contributed by atoms with E-state index >= 15 is 0 Å². The summed E-state index contributed by atoms with van der Waals surface area (Å²) < 4.78 is 21.7. The average molecular weight is 405 g/mol. The highest BCUT2D eigenvalue weighted by Crippen LogP contribution is 2.39. The van der Waals surface area contributed by atoms with E-state index in [0.717, 1.165) is 5.56 Å². The lowest BCUT2D eigenvalue weighted by Gasteiger charge is -2.19. The molecule has 4 rings (SSSR count). The number of aromatic nitrogens is 2. The lowest BCUT2D eigenvalue weighted by Crippen LogP contribution is -2.15. The van der Waals surface area contributed by atoms with Crippen LogP contribution in [-0.2, 0) is 0 Å². The smallest absolute Gasteiger partial charge is 0.269 e. The topological polar surface area (TPSA) is 66.6 Å². The molecule has 0 saturated carbocycles. The number of para-hydroxylation sites is 1. The lowest BCUT2D eigenvalue weighted by atomic mass is 10.1. The zero-order valence-corrected chi connectivity index (χ0v) is 15.8. The van der Waals surface area contributed by atoms with Gasteiger partial charge in [0.2, 0.25) is 5.82 Å². The SMILES string of the molecule is COc1ccccc1-c1noc(/C(Cl)=C/c2cc(Cl)c3c(c2)OCCO3)n1. The van der Waals surface area contributed by atoms with Crippen LogP contribution in [0.5, 0.6) is 17.2 Å². The molecule has 6 nitrogen and oxygen atoms in total. The highest BCUT2D eigenvalue weighted by Gasteiger charge is 2.18. The summed E-state index contributed by atoms with van der Waals surface area (Å²) >= 11 is 12.6. The van der Waals surface area contributed by atoms with Crippen LogP contribution >= 0.6 is 23.2 Å². The van der Waals surface area contributed by atoms with Crippen molar-refractivity contribution in [2.75, 3.05) is 20.3 Å². The molecule has 3 aromatic rings. The highest BCUT2D eigenvalue weighted by atomic mass is 35.5. The molecular weight excluding hydrogens is 391 g/mol. The Labute approximate surface area is 165 Å². The Morgan fingerprint density at radius 3 is 2.85 bits per heavy atom. The fraction of sp³-hybridized carbons (Fsp3) is 0.158. The van der Waals surface area contributed by atoms with E-state index in [9.17, 15) is 0 Å². The molecular formula is C19H14Cl2N2O4. The van der Waals surface area contributed by atoms with Gasteiger partial charge in [0.25, 0.3) is 5.89 Å². The predicted octanol–water partition coefficient (Wildman–Crippen LogP) is 4.91. The van der Waals surface area contributed by atoms with E-state index in [1.807, 2.05) is 24.3 Å². The van der Waals surface area contributed by atoms with Crippen LogP contribution in [0, 0.1) is 0 Å². The molecule has 138 valence electrons. The third-order valence-electron chi connectivity index (χ3n) is 3.89. The van der Waals surface area contributed by atoms with Crippen molar-refractivity contribution in [2.24, 2.45) is 0 Å². The van der Waals surface area contributed by atoms with E-state index in [1.165, 1.54) is 0 Å². The van der Waals surface area contributed by atoms with E-state index in [-0.39, 0.29) is 10.9 Å². The number of hydrogen-bond donors (Lipinski definition) is 0. The van der Waals surface area contributed by atoms with Gasteiger partial charge in [-0.1, -0.05) is 40.5 Å². The van der Waals surface area contributed by atoms with Gasteiger partial charge < -0.3 is 18.7 Å². The summed E-state index contributed by atoms with van der Waals surface area (Å²) in [6.07, 6.45) is 1.67. The Bertz CT molecular complexity index is 1020. The zero-order valence-electron chi connectivity index (χ0n) is 14.2. The summed E-state index contributed by atoms with van der Waals surface area (Å²) in [5, 5.41) is 4.71. The van der Waals surface area contributed by atoms with Crippen LogP contribution < -0.4 is 14.2 Å². The van der Waals surface area contributed by atoms with Crippen LogP contribution in [0.2, 0.25) is 5.02 Å². The lowest BCUT2D eigenvalue weighted by molar-refractivity contribution is 0.171. The van der Waals surface area contributed by atoms with Crippen LogP contribution in [0.3, 0.4) is 0 Å². The average Bonchev–Trinajstić information content (AvgIpc) is 3.18. The van der Waals surface area contributed by atoms with Crippen LogP contribution in [-0.4, -0.2) is 30.5 Å². The van der Waals surface area contributed by atoms with Crippen molar-refractivity contribution < 1.29 is 18.7 Å². The number of ether oxygens (including phenoxy) is 3. The van der Waals surface area contributed by atoms with Gasteiger partial charge in [-0.25, -0.2) is 0 Å². The highest BCUT2D eigenvalue weighted by molar-refractivity contribution is 6.50. The van der Waals surface area contributed by atoms with Crippen LogP contribution in [0.25, 0.3) is 22.5 Å². The quantitative estimate of drug-likeness (QED) is 0.615. The van der Waals surface area contributed by atoms with Gasteiger partial charge in [0.05, 0.1) is 17.7 Å². The van der Waals surface area contributed by atoms with Crippen LogP contribution in [0.4, 0.5) is 0 Å². The van der Waals surface area contributed by atoms with Crippen molar-refractivity contribution >= 4 is 34.3 Å². The van der Waals surface area contributed by atoms with Crippen molar-refractivity contribution in [1.29, 1.82) is 0 Å². The monoisotopic (exact) mass is 404 g/mol. The van der Waals surface area contributed by atoms with E-state index in [2.05, 4.69) is 10.1 Å². The molecule has 0 N–H and O–H groups in total. The molecule has 0 amide bonds. The van der Waals surface area contributed by atoms with E-state index in [1.54, 1.807) is 25.3 Å². The Hall–Kier alpha value is -2.70. The van der Waals surface area contributed by atoms with Gasteiger partial charge >= 0.3 is 0 Å². The largest absolute Gasteiger partial charge is 0.496 e. The Kier molecular flexibility index (Phi) is 4.92. The second kappa shape index (κ2) is 7.50. The van der Waals surface area contributed by atoms with Gasteiger partial charge in [0, 0.05) is 0 Å². The molecule has 1 aromatic heterocycles. The Morgan fingerprint density at radius 1 is 1.19 bits per heavy atom. The van der Waals surface area contributed by atoms with Gasteiger partial charge in [-0.15, -0.1) is 0 Å². The second-order valence-corrected chi connectivity index (χ2v) is 6.46. The summed E-state index contributed by atoms with van der Waals surface area (Å²) in [6.45, 7) is 0.937.